The number of pyridine rings is 1. The summed E-state index contributed by atoms with van der Waals surface area (Å²) in [4.78, 5) is 31.9. The van der Waals surface area contributed by atoms with Gasteiger partial charge in [-0.15, -0.1) is 0 Å². The molecule has 3 heterocycles. The van der Waals surface area contributed by atoms with E-state index >= 15 is 0 Å². The van der Waals surface area contributed by atoms with Crippen molar-refractivity contribution >= 4 is 11.7 Å². The third-order valence-corrected chi connectivity index (χ3v) is 4.78. The van der Waals surface area contributed by atoms with Gasteiger partial charge in [0, 0.05) is 36.0 Å². The van der Waals surface area contributed by atoms with Gasteiger partial charge in [0.25, 0.3) is 5.56 Å². The van der Waals surface area contributed by atoms with Gasteiger partial charge >= 0.3 is 0 Å². The van der Waals surface area contributed by atoms with Gasteiger partial charge in [0.1, 0.15) is 12.2 Å². The predicted octanol–water partition coefficient (Wildman–Crippen LogP) is 1.41. The fourth-order valence-electron chi connectivity index (χ4n) is 3.21. The molecule has 32 heavy (non-hydrogen) atoms. The molecule has 10 heteroatoms. The number of carbonyl (C=O) groups excluding carboxylic acids is 1. The van der Waals surface area contributed by atoms with Crippen LogP contribution in [0.5, 0.6) is 0 Å². The minimum Gasteiger partial charge on any atom is -0.382 e. The molecule has 0 saturated heterocycles. The van der Waals surface area contributed by atoms with Crippen molar-refractivity contribution in [1.82, 2.24) is 25.0 Å². The lowest BCUT2D eigenvalue weighted by Gasteiger charge is -2.07. The molecule has 1 amide bonds. The molecule has 5 N–H and O–H groups in total. The third kappa shape index (κ3) is 4.40. The van der Waals surface area contributed by atoms with E-state index in [2.05, 4.69) is 20.4 Å². The van der Waals surface area contributed by atoms with Crippen LogP contribution in [0.15, 0.2) is 64.2 Å². The smallest absolute Gasteiger partial charge is 0.251 e. The topological polar surface area (TPSA) is 155 Å². The zero-order chi connectivity index (χ0) is 22.7. The first-order valence-electron chi connectivity index (χ1n) is 9.77. The maximum Gasteiger partial charge on any atom is 0.251 e. The Balaban J connectivity index is 1.67. The van der Waals surface area contributed by atoms with E-state index in [9.17, 15) is 9.59 Å². The van der Waals surface area contributed by atoms with Crippen molar-refractivity contribution in [3.05, 3.63) is 70.8 Å². The number of benzene rings is 1. The van der Waals surface area contributed by atoms with Gasteiger partial charge in [-0.2, -0.15) is 0 Å². The zero-order valence-corrected chi connectivity index (χ0v) is 17.3. The quantitative estimate of drug-likeness (QED) is 0.397. The van der Waals surface area contributed by atoms with Gasteiger partial charge in [0.05, 0.1) is 11.9 Å². The summed E-state index contributed by atoms with van der Waals surface area (Å²) < 4.78 is 6.70. The van der Waals surface area contributed by atoms with Gasteiger partial charge in [-0.3, -0.25) is 9.59 Å². The molecule has 4 rings (SSSR count). The van der Waals surface area contributed by atoms with Gasteiger partial charge in [0.15, 0.2) is 17.3 Å². The molecule has 0 aliphatic heterocycles. The number of carbonyl (C=O) groups is 1. The summed E-state index contributed by atoms with van der Waals surface area (Å²) in [6.45, 7) is 0.538. The van der Waals surface area contributed by atoms with Crippen LogP contribution in [0, 0.1) is 0 Å². The Morgan fingerprint density at radius 2 is 1.88 bits per heavy atom. The molecule has 0 atom stereocenters. The lowest BCUT2D eigenvalue weighted by atomic mass is 10.1. The number of hydrogen-bond donors (Lipinski definition) is 3. The summed E-state index contributed by atoms with van der Waals surface area (Å²) >= 11 is 0. The van der Waals surface area contributed by atoms with Crippen LogP contribution in [0.4, 0.5) is 5.82 Å². The van der Waals surface area contributed by atoms with E-state index in [0.29, 0.717) is 28.4 Å². The Labute approximate surface area is 182 Å². The summed E-state index contributed by atoms with van der Waals surface area (Å²) in [7, 11) is 1.89. The Morgan fingerprint density at radius 1 is 1.12 bits per heavy atom. The number of hydrogen-bond acceptors (Lipinski definition) is 8. The summed E-state index contributed by atoms with van der Waals surface area (Å²) in [5, 5.41) is 7.23. The van der Waals surface area contributed by atoms with E-state index in [1.807, 2.05) is 31.3 Å². The van der Waals surface area contributed by atoms with Crippen molar-refractivity contribution in [3.8, 4) is 34.0 Å². The number of nitrogens with one attached hydrogen (secondary N) is 1. The van der Waals surface area contributed by atoms with E-state index in [1.165, 1.54) is 23.0 Å². The zero-order valence-electron chi connectivity index (χ0n) is 17.3. The van der Waals surface area contributed by atoms with Crippen molar-refractivity contribution in [2.45, 2.75) is 13.1 Å². The minimum absolute atomic E-state index is 0.172. The first-order valence-corrected chi connectivity index (χ1v) is 9.77. The fourth-order valence-corrected chi connectivity index (χ4v) is 3.21. The number of nitrogens with two attached hydrogens (primary N) is 2. The molecule has 4 aromatic rings. The van der Waals surface area contributed by atoms with Crippen molar-refractivity contribution in [2.75, 3.05) is 12.8 Å². The molecule has 0 aliphatic carbocycles. The molecular formula is C22H21N7O3. The molecule has 0 unspecified atom stereocenters. The highest BCUT2D eigenvalue weighted by Gasteiger charge is 2.16. The van der Waals surface area contributed by atoms with Crippen molar-refractivity contribution in [1.29, 1.82) is 0 Å². The lowest BCUT2D eigenvalue weighted by Crippen LogP contribution is -2.27. The second-order valence-corrected chi connectivity index (χ2v) is 7.14. The second-order valence-electron chi connectivity index (χ2n) is 7.14. The van der Waals surface area contributed by atoms with Crippen LogP contribution in [-0.2, 0) is 17.9 Å². The number of aromatic nitrogens is 4. The Hall–Kier alpha value is -4.31. The third-order valence-electron chi connectivity index (χ3n) is 4.78. The fraction of sp³-hybridized carbons (Fsp3) is 0.136. The molecule has 0 aliphatic rings. The van der Waals surface area contributed by atoms with Crippen LogP contribution < -0.4 is 22.3 Å². The summed E-state index contributed by atoms with van der Waals surface area (Å²) in [6, 6.07) is 12.6. The van der Waals surface area contributed by atoms with Gasteiger partial charge in [-0.1, -0.05) is 29.4 Å². The number of anilines is 1. The molecule has 162 valence electrons. The first-order chi connectivity index (χ1) is 15.4. The van der Waals surface area contributed by atoms with Crippen LogP contribution in [0.1, 0.15) is 5.56 Å². The highest BCUT2D eigenvalue weighted by Crippen LogP contribution is 2.29. The number of rotatable bonds is 7. The molecule has 0 radical (unpaired) electrons. The van der Waals surface area contributed by atoms with E-state index in [-0.39, 0.29) is 17.9 Å². The van der Waals surface area contributed by atoms with Crippen molar-refractivity contribution in [2.24, 2.45) is 5.73 Å². The average Bonchev–Trinajstić information content (AvgIpc) is 3.26. The van der Waals surface area contributed by atoms with Crippen LogP contribution >= 0.6 is 0 Å². The monoisotopic (exact) mass is 431 g/mol. The largest absolute Gasteiger partial charge is 0.382 e. The van der Waals surface area contributed by atoms with Gasteiger partial charge in [0.2, 0.25) is 5.91 Å². The molecule has 0 spiro atoms. The highest BCUT2D eigenvalue weighted by molar-refractivity contribution is 5.74. The highest BCUT2D eigenvalue weighted by atomic mass is 16.5. The number of nitrogen functional groups attached to an aromatic ring is 1. The Morgan fingerprint density at radius 3 is 2.59 bits per heavy atom. The molecule has 1 aromatic carbocycles. The van der Waals surface area contributed by atoms with Crippen LogP contribution in [0.2, 0.25) is 0 Å². The first kappa shape index (κ1) is 20.9. The van der Waals surface area contributed by atoms with Gasteiger partial charge < -0.3 is 25.9 Å². The number of primary amides is 1. The average molecular weight is 431 g/mol. The van der Waals surface area contributed by atoms with Crippen LogP contribution in [0.25, 0.3) is 34.0 Å². The number of nitrogens with zero attached hydrogens (tertiary/aromatic N) is 4. The van der Waals surface area contributed by atoms with Crippen molar-refractivity contribution < 1.29 is 9.32 Å². The van der Waals surface area contributed by atoms with E-state index in [0.717, 1.165) is 17.7 Å². The van der Waals surface area contributed by atoms with Crippen molar-refractivity contribution in [3.63, 3.8) is 0 Å². The van der Waals surface area contributed by atoms with E-state index < -0.39 is 5.91 Å². The molecule has 3 aromatic heterocycles. The minimum atomic E-state index is -0.624. The standard InChI is InChI=1S/C22H21N7O3/c1-25-9-13-2-4-14(5-3-13)16-8-18(32-28-16)21-22(24)26-10-17(27-21)15-6-7-20(31)29(11-15)12-19(23)30/h2-8,10-11,25H,9,12H2,1H3,(H2,23,30)(H2,24,26). The SMILES string of the molecule is CNCc1ccc(-c2cc(-c3nc(-c4ccc(=O)n(CC(N)=O)c4)cnc3N)on2)cc1. The Bertz CT molecular complexity index is 1330. The molecule has 0 saturated carbocycles. The summed E-state index contributed by atoms with van der Waals surface area (Å²) in [6.07, 6.45) is 2.97. The summed E-state index contributed by atoms with van der Waals surface area (Å²) in [5.74, 6) is -0.0932. The number of amides is 1. The maximum atomic E-state index is 11.9. The molecule has 0 fully saturated rings. The maximum absolute atomic E-state index is 11.9. The van der Waals surface area contributed by atoms with E-state index in [1.54, 1.807) is 12.1 Å². The van der Waals surface area contributed by atoms with Gasteiger partial charge in [-0.25, -0.2) is 9.97 Å². The molecule has 10 nitrogen and oxygen atoms in total. The normalized spacial score (nSPS) is 10.9. The second kappa shape index (κ2) is 8.82. The van der Waals surface area contributed by atoms with Gasteiger partial charge in [-0.05, 0) is 18.7 Å². The van der Waals surface area contributed by atoms with Crippen LogP contribution in [-0.4, -0.2) is 32.6 Å². The summed E-state index contributed by atoms with van der Waals surface area (Å²) in [5.41, 5.74) is 14.9. The molecular weight excluding hydrogens is 410 g/mol. The predicted molar refractivity (Wildman–Crippen MR) is 119 cm³/mol. The van der Waals surface area contributed by atoms with Crippen LogP contribution in [0.3, 0.4) is 0 Å². The van der Waals surface area contributed by atoms with E-state index in [4.69, 9.17) is 16.0 Å². The lowest BCUT2D eigenvalue weighted by molar-refractivity contribution is -0.118. The molecule has 0 bridgehead atoms. The Kier molecular flexibility index (Phi) is 5.77.